The molecule has 0 fully saturated rings. The molecule has 5 heteroatoms. The molecule has 0 spiro atoms. The molecule has 0 aliphatic heterocycles. The summed E-state index contributed by atoms with van der Waals surface area (Å²) in [5, 5.41) is 18.7. The third kappa shape index (κ3) is 7.46. The first kappa shape index (κ1) is 25.2. The smallest absolute Gasteiger partial charge is 0.290 e. The van der Waals surface area contributed by atoms with Gasteiger partial charge < -0.3 is 10.2 Å². The monoisotopic (exact) mass is 478 g/mol. The number of halogens is 2. The van der Waals surface area contributed by atoms with E-state index < -0.39 is 5.60 Å². The predicted octanol–water partition coefficient (Wildman–Crippen LogP) is 7.27. The molecule has 0 saturated heterocycles. The van der Waals surface area contributed by atoms with Gasteiger partial charge in [-0.05, 0) is 95.2 Å². The van der Waals surface area contributed by atoms with Crippen molar-refractivity contribution in [3.8, 4) is 11.1 Å². The third-order valence-corrected chi connectivity index (χ3v) is 5.28. The molecule has 3 aromatic carbocycles. The Balaban J connectivity index is 0.000000452. The summed E-state index contributed by atoms with van der Waals surface area (Å²) in [4.78, 5) is 8.36. The van der Waals surface area contributed by atoms with E-state index in [2.05, 4.69) is 66.2 Å². The van der Waals surface area contributed by atoms with Gasteiger partial charge in [-0.1, -0.05) is 54.9 Å². The van der Waals surface area contributed by atoms with Crippen molar-refractivity contribution in [1.29, 1.82) is 0 Å². The van der Waals surface area contributed by atoms with Gasteiger partial charge in [0.1, 0.15) is 0 Å². The van der Waals surface area contributed by atoms with E-state index in [1.54, 1.807) is 20.8 Å². The first-order valence-electron chi connectivity index (χ1n) is 9.30. The molecular formula is C24H28BrClO3. The summed E-state index contributed by atoms with van der Waals surface area (Å²) >= 11 is 9.81. The van der Waals surface area contributed by atoms with Crippen molar-refractivity contribution in [3.05, 3.63) is 69.2 Å². The highest BCUT2D eigenvalue weighted by Gasteiger charge is 2.15. The quantitative estimate of drug-likeness (QED) is 0.380. The van der Waals surface area contributed by atoms with E-state index in [9.17, 15) is 0 Å². The number of hydrogen-bond acceptors (Lipinski definition) is 2. The normalized spacial score (nSPS) is 10.5. The zero-order valence-electron chi connectivity index (χ0n) is 17.5. The number of benzene rings is 3. The van der Waals surface area contributed by atoms with Crippen molar-refractivity contribution < 1.29 is 15.0 Å². The van der Waals surface area contributed by atoms with Gasteiger partial charge in [0.25, 0.3) is 6.47 Å². The number of aliphatic hydroxyl groups is 1. The van der Waals surface area contributed by atoms with Gasteiger partial charge in [0.2, 0.25) is 0 Å². The highest BCUT2D eigenvalue weighted by atomic mass is 79.9. The summed E-state index contributed by atoms with van der Waals surface area (Å²) in [7, 11) is 0. The summed E-state index contributed by atoms with van der Waals surface area (Å²) in [6.45, 7) is 9.38. The van der Waals surface area contributed by atoms with Crippen LogP contribution in [0.4, 0.5) is 0 Å². The Labute approximate surface area is 186 Å². The predicted molar refractivity (Wildman–Crippen MR) is 127 cm³/mol. The molecular weight excluding hydrogens is 452 g/mol. The zero-order chi connectivity index (χ0) is 22.2. The lowest BCUT2D eigenvalue weighted by atomic mass is 9.89. The van der Waals surface area contributed by atoms with Gasteiger partial charge in [0, 0.05) is 9.50 Å². The molecule has 3 aromatic rings. The molecule has 29 heavy (non-hydrogen) atoms. The molecule has 0 saturated carbocycles. The molecule has 0 bridgehead atoms. The molecule has 0 aliphatic rings. The van der Waals surface area contributed by atoms with Crippen LogP contribution in [-0.4, -0.2) is 22.3 Å². The lowest BCUT2D eigenvalue weighted by molar-refractivity contribution is -0.122. The van der Waals surface area contributed by atoms with Crippen LogP contribution in [0.15, 0.2) is 53.0 Å². The van der Waals surface area contributed by atoms with Crippen molar-refractivity contribution in [1.82, 2.24) is 0 Å². The van der Waals surface area contributed by atoms with Crippen LogP contribution in [0.1, 0.15) is 38.8 Å². The fourth-order valence-corrected chi connectivity index (χ4v) is 3.68. The van der Waals surface area contributed by atoms with Crippen LogP contribution < -0.4 is 0 Å². The second kappa shape index (κ2) is 11.3. The van der Waals surface area contributed by atoms with Crippen LogP contribution in [0.2, 0.25) is 5.02 Å². The minimum absolute atomic E-state index is 0.250. The Kier molecular flexibility index (Phi) is 9.84. The van der Waals surface area contributed by atoms with Crippen LogP contribution in [-0.2, 0) is 11.2 Å². The van der Waals surface area contributed by atoms with Gasteiger partial charge in [-0.2, -0.15) is 0 Å². The van der Waals surface area contributed by atoms with E-state index >= 15 is 0 Å². The van der Waals surface area contributed by atoms with E-state index in [0.717, 1.165) is 11.4 Å². The van der Waals surface area contributed by atoms with E-state index in [4.69, 9.17) is 26.6 Å². The number of carbonyl (C=O) groups is 1. The second-order valence-corrected chi connectivity index (χ2v) is 8.70. The average Bonchev–Trinajstić information content (AvgIpc) is 2.65. The Morgan fingerprint density at radius 1 is 1.03 bits per heavy atom. The van der Waals surface area contributed by atoms with Gasteiger partial charge in [0.15, 0.2) is 0 Å². The standard InChI is InChI=1S/C19H16BrCl.C4H10O.CH2O2/c1-3-15-12(2)19(20)17-7-5-4-6-16(17)18(15)13-8-10-14(21)11-9-13;1-4(2,3)5;2-1-3/h4-11H,3H2,1-2H3;5H,1-3H3;1H,(H,2,3). The van der Waals surface area contributed by atoms with Crippen molar-refractivity contribution in [2.24, 2.45) is 0 Å². The Hall–Kier alpha value is -1.88. The van der Waals surface area contributed by atoms with E-state index in [1.807, 2.05) is 12.1 Å². The zero-order valence-corrected chi connectivity index (χ0v) is 19.8. The molecule has 0 aliphatic carbocycles. The lowest BCUT2D eigenvalue weighted by Gasteiger charge is -2.18. The van der Waals surface area contributed by atoms with Gasteiger partial charge in [-0.15, -0.1) is 0 Å². The fourth-order valence-electron chi connectivity index (χ4n) is 2.97. The molecule has 156 valence electrons. The highest BCUT2D eigenvalue weighted by molar-refractivity contribution is 9.10. The van der Waals surface area contributed by atoms with Crippen molar-refractivity contribution in [3.63, 3.8) is 0 Å². The molecule has 3 rings (SSSR count). The molecule has 0 radical (unpaired) electrons. The molecule has 0 aromatic heterocycles. The average molecular weight is 480 g/mol. The van der Waals surface area contributed by atoms with Crippen LogP contribution in [0.3, 0.4) is 0 Å². The largest absolute Gasteiger partial charge is 0.483 e. The summed E-state index contributed by atoms with van der Waals surface area (Å²) in [5.41, 5.74) is 4.76. The minimum Gasteiger partial charge on any atom is -0.483 e. The van der Waals surface area contributed by atoms with E-state index in [0.29, 0.717) is 0 Å². The Morgan fingerprint density at radius 2 is 1.48 bits per heavy atom. The van der Waals surface area contributed by atoms with Crippen molar-refractivity contribution >= 4 is 44.8 Å². The molecule has 2 N–H and O–H groups in total. The molecule has 3 nitrogen and oxygen atoms in total. The summed E-state index contributed by atoms with van der Waals surface area (Å²) in [5.74, 6) is 0. The number of rotatable bonds is 2. The van der Waals surface area contributed by atoms with E-state index in [1.165, 1.54) is 37.5 Å². The van der Waals surface area contributed by atoms with Gasteiger partial charge in [-0.25, -0.2) is 0 Å². The highest BCUT2D eigenvalue weighted by Crippen LogP contribution is 2.40. The van der Waals surface area contributed by atoms with Gasteiger partial charge >= 0.3 is 0 Å². The van der Waals surface area contributed by atoms with Crippen LogP contribution in [0.25, 0.3) is 21.9 Å². The van der Waals surface area contributed by atoms with Gasteiger partial charge in [-0.3, -0.25) is 4.79 Å². The minimum atomic E-state index is -0.500. The Bertz CT molecular complexity index is 939. The van der Waals surface area contributed by atoms with Gasteiger partial charge in [0.05, 0.1) is 5.60 Å². The molecule has 0 heterocycles. The summed E-state index contributed by atoms with van der Waals surface area (Å²) < 4.78 is 1.20. The number of hydrogen-bond donors (Lipinski definition) is 2. The van der Waals surface area contributed by atoms with Crippen LogP contribution in [0, 0.1) is 6.92 Å². The van der Waals surface area contributed by atoms with Crippen LogP contribution in [0.5, 0.6) is 0 Å². The van der Waals surface area contributed by atoms with Crippen molar-refractivity contribution in [2.75, 3.05) is 0 Å². The summed E-state index contributed by atoms with van der Waals surface area (Å²) in [6.07, 6.45) is 1.01. The van der Waals surface area contributed by atoms with Crippen molar-refractivity contribution in [2.45, 2.75) is 46.6 Å². The first-order chi connectivity index (χ1) is 13.5. The molecule has 0 atom stereocenters. The Morgan fingerprint density at radius 3 is 1.93 bits per heavy atom. The second-order valence-electron chi connectivity index (χ2n) is 7.47. The lowest BCUT2D eigenvalue weighted by Crippen LogP contribution is -2.10. The first-order valence-corrected chi connectivity index (χ1v) is 10.5. The maximum absolute atomic E-state index is 8.52. The maximum Gasteiger partial charge on any atom is 0.290 e. The third-order valence-electron chi connectivity index (χ3n) is 4.00. The summed E-state index contributed by atoms with van der Waals surface area (Å²) in [6, 6.07) is 16.7. The maximum atomic E-state index is 8.52. The number of fused-ring (bicyclic) bond motifs is 1. The van der Waals surface area contributed by atoms with E-state index in [-0.39, 0.29) is 6.47 Å². The van der Waals surface area contributed by atoms with Crippen LogP contribution >= 0.6 is 27.5 Å². The fraction of sp³-hybridized carbons (Fsp3) is 0.292. The topological polar surface area (TPSA) is 57.5 Å². The number of carboxylic acid groups (broad SMARTS) is 1. The molecule has 0 unspecified atom stereocenters. The molecule has 0 amide bonds. The SMILES string of the molecule is CC(C)(C)O.CCc1c(C)c(Br)c2ccccc2c1-c1ccc(Cl)cc1.O=CO.